The molecule has 0 unspecified atom stereocenters. The number of hydrogen-bond donors (Lipinski definition) is 3. The number of ether oxygens (including phenoxy) is 1. The molecule has 4 N–H and O–H groups in total. The maximum Gasteiger partial charge on any atom is 0.408 e. The molecule has 1 amide bonds. The van der Waals surface area contributed by atoms with E-state index in [4.69, 9.17) is 20.9 Å². The molecule has 0 radical (unpaired) electrons. The van der Waals surface area contributed by atoms with Crippen molar-refractivity contribution in [2.75, 3.05) is 19.6 Å². The van der Waals surface area contributed by atoms with E-state index in [1.165, 1.54) is 180 Å². The fourth-order valence-corrected chi connectivity index (χ4v) is 5.67. The van der Waals surface area contributed by atoms with Crippen LogP contribution in [0.5, 0.6) is 0 Å². The lowest BCUT2D eigenvalue weighted by Crippen LogP contribution is -2.47. The zero-order chi connectivity index (χ0) is 36.7. The lowest BCUT2D eigenvalue weighted by Gasteiger charge is -2.21. The van der Waals surface area contributed by atoms with E-state index in [1.54, 1.807) is 20.8 Å². The van der Waals surface area contributed by atoms with Gasteiger partial charge in [0, 0.05) is 6.54 Å². The zero-order valence-electron chi connectivity index (χ0n) is 33.3. The number of carbonyl (C=O) groups is 2. The Bertz CT molecular complexity index is 723. The van der Waals surface area contributed by atoms with Crippen LogP contribution in [0.1, 0.15) is 214 Å². The van der Waals surface area contributed by atoms with Gasteiger partial charge in [0.2, 0.25) is 0 Å². The Morgan fingerprint density at radius 3 is 1.24 bits per heavy atom. The Balaban J connectivity index is 0. The molecule has 0 aliphatic carbocycles. The summed E-state index contributed by atoms with van der Waals surface area (Å²) in [6, 6.07) is -1.11. The van der Waals surface area contributed by atoms with Crippen molar-refractivity contribution in [3.8, 4) is 0 Å². The van der Waals surface area contributed by atoms with Crippen molar-refractivity contribution in [1.29, 1.82) is 0 Å². The third-order valence-electron chi connectivity index (χ3n) is 8.72. The molecule has 0 aromatic rings. The van der Waals surface area contributed by atoms with Crippen molar-refractivity contribution >= 4 is 12.1 Å². The van der Waals surface area contributed by atoms with E-state index < -0.39 is 23.7 Å². The van der Waals surface area contributed by atoms with Crippen LogP contribution < -0.4 is 11.1 Å². The second-order valence-corrected chi connectivity index (χ2v) is 15.0. The molecule has 0 aliphatic heterocycles. The number of hydrogen-bond acceptors (Lipinski definition) is 4. The van der Waals surface area contributed by atoms with E-state index in [-0.39, 0.29) is 6.54 Å². The van der Waals surface area contributed by atoms with Crippen molar-refractivity contribution in [3.05, 3.63) is 17.5 Å². The molecule has 0 spiro atoms. The van der Waals surface area contributed by atoms with Gasteiger partial charge in [0.1, 0.15) is 11.6 Å². The Labute approximate surface area is 305 Å². The van der Waals surface area contributed by atoms with Crippen molar-refractivity contribution in [2.24, 2.45) is 5.73 Å². The molecule has 1 atom stereocenters. The van der Waals surface area contributed by atoms with Crippen LogP contribution in [0, 0.1) is 0 Å². The third-order valence-corrected chi connectivity index (χ3v) is 8.72. The van der Waals surface area contributed by atoms with Crippen LogP contribution in [-0.2, 0) is 9.53 Å². The minimum atomic E-state index is -1.18. The van der Waals surface area contributed by atoms with Gasteiger partial charge in [0.25, 0.3) is 0 Å². The number of carboxylic acids is 1. The van der Waals surface area contributed by atoms with E-state index in [1.807, 2.05) is 0 Å². The molecule has 0 saturated heterocycles. The lowest BCUT2D eigenvalue weighted by atomic mass is 10.0. The third kappa shape index (κ3) is 44.4. The van der Waals surface area contributed by atoms with E-state index >= 15 is 0 Å². The molecule has 7 heteroatoms. The van der Waals surface area contributed by atoms with Gasteiger partial charge in [0.05, 0.1) is 0 Å². The number of amides is 1. The summed E-state index contributed by atoms with van der Waals surface area (Å²) in [6.45, 7) is 11.7. The second-order valence-electron chi connectivity index (χ2n) is 15.0. The summed E-state index contributed by atoms with van der Waals surface area (Å²) in [5.41, 5.74) is 4.48. The zero-order valence-corrected chi connectivity index (χ0v) is 33.3. The minimum Gasteiger partial charge on any atom is -0.662 e. The van der Waals surface area contributed by atoms with Gasteiger partial charge in [0.15, 0.2) is 0 Å². The topological polar surface area (TPSA) is 116 Å². The van der Waals surface area contributed by atoms with Crippen LogP contribution in [0.4, 0.5) is 4.79 Å². The smallest absolute Gasteiger partial charge is 0.408 e. The number of allylic oxidation sites excluding steroid dienone is 2. The first-order chi connectivity index (χ1) is 23.7. The molecular formula is C42H84N3O4-. The molecule has 0 rings (SSSR count). The van der Waals surface area contributed by atoms with Gasteiger partial charge in [-0.1, -0.05) is 180 Å². The predicted octanol–water partition coefficient (Wildman–Crippen LogP) is 12.8. The first kappa shape index (κ1) is 49.5. The van der Waals surface area contributed by atoms with Gasteiger partial charge in [-0.2, -0.15) is 0 Å². The number of rotatable bonds is 34. The number of alkyl carbamates (subject to hydrolysis) is 1. The molecule has 0 fully saturated rings. The van der Waals surface area contributed by atoms with Crippen LogP contribution in [0.3, 0.4) is 0 Å². The first-order valence-corrected chi connectivity index (χ1v) is 20.9. The SMILES string of the molecule is CC(C)(C)OC(=O)N[C@@H](CN)C(=O)O.CCCCCCCC/C=C\CCCCCCCC[N-]CCCCCCCCCCCCCCCC. The van der Waals surface area contributed by atoms with Gasteiger partial charge in [-0.3, -0.25) is 0 Å². The van der Waals surface area contributed by atoms with Crippen LogP contribution in [0.25, 0.3) is 5.32 Å². The fraction of sp³-hybridized carbons (Fsp3) is 0.905. The molecular weight excluding hydrogens is 610 g/mol. The molecule has 0 aromatic heterocycles. The van der Waals surface area contributed by atoms with Gasteiger partial charge < -0.3 is 26.2 Å². The summed E-state index contributed by atoms with van der Waals surface area (Å²) in [5.74, 6) is -1.18. The summed E-state index contributed by atoms with van der Waals surface area (Å²) in [7, 11) is 0. The summed E-state index contributed by atoms with van der Waals surface area (Å²) < 4.78 is 4.85. The standard InChI is InChI=1S/C34H68N.C8H16N2O4/c1-3-5-7-9-11-13-15-17-19-20-22-24-26-28-30-32-34-35-33-31-29-27-25-23-21-18-16-14-12-10-8-6-4-2;1-8(2,3)14-7(13)10-5(4-9)6(11)12/h17,19H,3-16,18,20-34H2,1-2H3;5H,4,9H2,1-3H3,(H,10,13)(H,11,12)/q-1;/b19-17-;/t;5-/m.0/s1. The number of nitrogens with one attached hydrogen (secondary N) is 1. The van der Waals surface area contributed by atoms with Gasteiger partial charge in [-0.25, -0.2) is 9.59 Å². The number of nitrogens with two attached hydrogens (primary N) is 1. The number of nitrogens with zero attached hydrogens (tertiary/aromatic N) is 1. The number of unbranched alkanes of at least 4 members (excludes halogenated alkanes) is 25. The van der Waals surface area contributed by atoms with Gasteiger partial charge in [-0.15, -0.1) is 13.1 Å². The van der Waals surface area contributed by atoms with Crippen molar-refractivity contribution in [1.82, 2.24) is 5.32 Å². The Kier molecular flexibility index (Phi) is 39.6. The summed E-state index contributed by atoms with van der Waals surface area (Å²) in [6.07, 6.45) is 43.6. The first-order valence-electron chi connectivity index (χ1n) is 20.9. The highest BCUT2D eigenvalue weighted by Crippen LogP contribution is 2.14. The largest absolute Gasteiger partial charge is 0.662 e. The molecule has 0 bridgehead atoms. The van der Waals surface area contributed by atoms with Crippen LogP contribution in [0.15, 0.2) is 12.2 Å². The molecule has 0 heterocycles. The van der Waals surface area contributed by atoms with Gasteiger partial charge >= 0.3 is 12.1 Å². The fourth-order valence-electron chi connectivity index (χ4n) is 5.67. The minimum absolute atomic E-state index is 0.172. The van der Waals surface area contributed by atoms with Crippen molar-refractivity contribution in [2.45, 2.75) is 226 Å². The predicted molar refractivity (Wildman–Crippen MR) is 213 cm³/mol. The quantitative estimate of drug-likeness (QED) is 0.0458. The molecule has 49 heavy (non-hydrogen) atoms. The summed E-state index contributed by atoms with van der Waals surface area (Å²) in [5, 5.41) is 15.5. The van der Waals surface area contributed by atoms with Crippen LogP contribution >= 0.6 is 0 Å². The maximum atomic E-state index is 11.1. The van der Waals surface area contributed by atoms with E-state index in [0.717, 1.165) is 13.1 Å². The highest BCUT2D eigenvalue weighted by atomic mass is 16.6. The summed E-state index contributed by atoms with van der Waals surface area (Å²) >= 11 is 0. The number of aliphatic carboxylic acids is 1. The molecule has 0 saturated carbocycles. The van der Waals surface area contributed by atoms with E-state index in [2.05, 4.69) is 31.3 Å². The average molecular weight is 695 g/mol. The molecule has 0 aromatic carbocycles. The monoisotopic (exact) mass is 695 g/mol. The maximum absolute atomic E-state index is 11.1. The molecule has 0 aliphatic rings. The summed E-state index contributed by atoms with van der Waals surface area (Å²) in [4.78, 5) is 21.6. The van der Waals surface area contributed by atoms with E-state index in [9.17, 15) is 9.59 Å². The second kappa shape index (κ2) is 39.2. The normalized spacial score (nSPS) is 12.1. The Hall–Kier alpha value is -1.60. The Morgan fingerprint density at radius 2 is 0.939 bits per heavy atom. The van der Waals surface area contributed by atoms with E-state index in [0.29, 0.717) is 0 Å². The highest BCUT2D eigenvalue weighted by molar-refractivity contribution is 5.80. The molecule has 7 nitrogen and oxygen atoms in total. The Morgan fingerprint density at radius 1 is 0.612 bits per heavy atom. The van der Waals surface area contributed by atoms with Crippen molar-refractivity contribution < 1.29 is 19.4 Å². The highest BCUT2D eigenvalue weighted by Gasteiger charge is 2.22. The lowest BCUT2D eigenvalue weighted by molar-refractivity contribution is -0.139. The average Bonchev–Trinajstić information content (AvgIpc) is 3.05. The van der Waals surface area contributed by atoms with Gasteiger partial charge in [-0.05, 0) is 46.5 Å². The molecule has 292 valence electrons. The van der Waals surface area contributed by atoms with Crippen molar-refractivity contribution in [3.63, 3.8) is 0 Å². The number of carboxylic acid groups (broad SMARTS) is 1. The van der Waals surface area contributed by atoms with Crippen LogP contribution in [0.2, 0.25) is 0 Å². The number of carbonyl (C=O) groups excluding carboxylic acids is 1. The van der Waals surface area contributed by atoms with Crippen LogP contribution in [-0.4, -0.2) is 48.4 Å².